The van der Waals surface area contributed by atoms with Crippen molar-refractivity contribution < 1.29 is 19.2 Å². The number of nitrogens with zero attached hydrogens (tertiary/aromatic N) is 1. The summed E-state index contributed by atoms with van der Waals surface area (Å²) in [7, 11) is 2.85. The normalized spacial score (nSPS) is 11.2. The summed E-state index contributed by atoms with van der Waals surface area (Å²) in [4.78, 5) is 29.0. The molecule has 0 aliphatic heterocycles. The Morgan fingerprint density at radius 1 is 1.33 bits per heavy atom. The molecular weight excluding hydrogens is 317 g/mol. The second kappa shape index (κ2) is 8.02. The maximum atomic E-state index is 12.2. The molecule has 1 aromatic rings. The second-order valence-corrected chi connectivity index (χ2v) is 4.76. The van der Waals surface area contributed by atoms with E-state index in [2.05, 4.69) is 0 Å². The fourth-order valence-corrected chi connectivity index (χ4v) is 1.97. The van der Waals surface area contributed by atoms with Crippen LogP contribution in [0.25, 0.3) is 0 Å². The lowest BCUT2D eigenvalue weighted by Crippen LogP contribution is -2.25. The van der Waals surface area contributed by atoms with Crippen molar-refractivity contribution in [3.8, 4) is 0 Å². The molecule has 1 aromatic carbocycles. The van der Waals surface area contributed by atoms with Crippen LogP contribution in [-0.4, -0.2) is 37.6 Å². The number of halogens is 2. The van der Waals surface area contributed by atoms with Crippen LogP contribution in [0.3, 0.4) is 0 Å². The number of carbonyl (C=O) groups excluding carboxylic acids is 2. The van der Waals surface area contributed by atoms with Crippen LogP contribution in [0.1, 0.15) is 17.3 Å². The average Bonchev–Trinajstić information content (AvgIpc) is 2.43. The molecule has 0 fully saturated rings. The third-order valence-electron chi connectivity index (χ3n) is 2.56. The smallest absolute Gasteiger partial charge is 0.357 e. The highest BCUT2D eigenvalue weighted by atomic mass is 35.5. The Morgan fingerprint density at radius 2 is 2.00 bits per heavy atom. The van der Waals surface area contributed by atoms with E-state index in [0.29, 0.717) is 5.02 Å². The summed E-state index contributed by atoms with van der Waals surface area (Å²) in [6, 6.07) is 4.48. The summed E-state index contributed by atoms with van der Waals surface area (Å²) in [6.07, 6.45) is 1.11. The van der Waals surface area contributed by atoms with Gasteiger partial charge in [-0.2, -0.15) is 0 Å². The van der Waals surface area contributed by atoms with Gasteiger partial charge in [-0.05, 0) is 25.1 Å². The van der Waals surface area contributed by atoms with E-state index in [0.717, 1.165) is 11.1 Å². The Kier molecular flexibility index (Phi) is 6.68. The van der Waals surface area contributed by atoms with Crippen LogP contribution in [0.5, 0.6) is 0 Å². The van der Waals surface area contributed by atoms with Gasteiger partial charge in [-0.15, -0.1) is 0 Å². The van der Waals surface area contributed by atoms with E-state index in [1.54, 1.807) is 13.0 Å². The zero-order valence-corrected chi connectivity index (χ0v) is 13.4. The molecule has 0 heterocycles. The molecule has 0 spiro atoms. The summed E-state index contributed by atoms with van der Waals surface area (Å²) in [5, 5.41) is 1.76. The summed E-state index contributed by atoms with van der Waals surface area (Å²) < 4.78 is 4.88. The highest BCUT2D eigenvalue weighted by Crippen LogP contribution is 2.22. The molecule has 0 N–H and O–H groups in total. The number of carbonyl (C=O) groups is 2. The van der Waals surface area contributed by atoms with Gasteiger partial charge in [0, 0.05) is 23.7 Å². The van der Waals surface area contributed by atoms with Crippen LogP contribution in [0, 0.1) is 0 Å². The quantitative estimate of drug-likeness (QED) is 0.347. The van der Waals surface area contributed by atoms with Gasteiger partial charge >= 0.3 is 5.97 Å². The van der Waals surface area contributed by atoms with E-state index in [9.17, 15) is 9.59 Å². The molecule has 0 aliphatic carbocycles. The van der Waals surface area contributed by atoms with Crippen LogP contribution in [0.4, 0.5) is 0 Å². The van der Waals surface area contributed by atoms with Gasteiger partial charge in [0.15, 0.2) is 11.5 Å². The summed E-state index contributed by atoms with van der Waals surface area (Å²) >= 11 is 11.7. The molecule has 0 aromatic heterocycles. The third-order valence-corrected chi connectivity index (χ3v) is 3.11. The molecule has 114 valence electrons. The first-order valence-electron chi connectivity index (χ1n) is 6.06. The lowest BCUT2D eigenvalue weighted by Gasteiger charge is -2.18. The largest absolute Gasteiger partial charge is 0.461 e. The maximum Gasteiger partial charge on any atom is 0.357 e. The third kappa shape index (κ3) is 4.74. The van der Waals surface area contributed by atoms with E-state index in [4.69, 9.17) is 32.8 Å². The van der Waals surface area contributed by atoms with E-state index in [-0.39, 0.29) is 22.9 Å². The number of hydrogen-bond acceptors (Lipinski definition) is 5. The number of esters is 1. The lowest BCUT2D eigenvalue weighted by molar-refractivity contribution is -0.149. The van der Waals surface area contributed by atoms with Crippen molar-refractivity contribution in [2.75, 3.05) is 20.8 Å². The molecule has 5 nitrogen and oxygen atoms in total. The molecular formula is C14H15Cl2NO4. The number of ketones is 1. The molecule has 0 saturated heterocycles. The minimum atomic E-state index is -0.666. The molecule has 0 amide bonds. The van der Waals surface area contributed by atoms with E-state index < -0.39 is 11.8 Å². The first-order valence-corrected chi connectivity index (χ1v) is 6.82. The number of rotatable bonds is 6. The van der Waals surface area contributed by atoms with Crippen molar-refractivity contribution in [2.24, 2.45) is 0 Å². The van der Waals surface area contributed by atoms with Gasteiger partial charge in [-0.1, -0.05) is 23.2 Å². The number of likely N-dealkylation sites (N-methyl/N-ethyl adjacent to an activating group) is 1. The zero-order valence-electron chi connectivity index (χ0n) is 11.9. The molecule has 0 unspecified atom stereocenters. The standard InChI is InChI=1S/C14H15Cl2NO4/c1-4-21-14(19)12(17(2)20-3)8-13(18)10-6-5-9(15)7-11(10)16/h5-8H,4H2,1-3H3/b12-8-. The van der Waals surface area contributed by atoms with Gasteiger partial charge in [0.25, 0.3) is 0 Å². The second-order valence-electron chi connectivity index (χ2n) is 3.92. The number of benzene rings is 1. The number of hydrogen-bond donors (Lipinski definition) is 0. The number of allylic oxidation sites excluding steroid dienone is 1. The Morgan fingerprint density at radius 3 is 2.52 bits per heavy atom. The minimum Gasteiger partial charge on any atom is -0.461 e. The van der Waals surface area contributed by atoms with Crippen molar-refractivity contribution >= 4 is 35.0 Å². The van der Waals surface area contributed by atoms with Crippen LogP contribution in [0.15, 0.2) is 30.0 Å². The van der Waals surface area contributed by atoms with Crippen LogP contribution < -0.4 is 0 Å². The van der Waals surface area contributed by atoms with Crippen molar-refractivity contribution in [1.29, 1.82) is 0 Å². The van der Waals surface area contributed by atoms with Crippen LogP contribution >= 0.6 is 23.2 Å². The van der Waals surface area contributed by atoms with Crippen molar-refractivity contribution in [1.82, 2.24) is 5.06 Å². The Hall–Kier alpha value is -1.56. The summed E-state index contributed by atoms with van der Waals surface area (Å²) in [6.45, 7) is 1.85. The van der Waals surface area contributed by atoms with Gasteiger partial charge in [0.05, 0.1) is 18.7 Å². The fourth-order valence-electron chi connectivity index (χ4n) is 1.47. The Bertz CT molecular complexity index is 572. The Labute approximate surface area is 133 Å². The molecule has 7 heteroatoms. The molecule has 0 saturated carbocycles. The van der Waals surface area contributed by atoms with Gasteiger partial charge < -0.3 is 4.74 Å². The average molecular weight is 332 g/mol. The Balaban J connectivity index is 3.14. The molecule has 0 radical (unpaired) electrons. The van der Waals surface area contributed by atoms with Crippen LogP contribution in [-0.2, 0) is 14.4 Å². The molecule has 1 rings (SSSR count). The zero-order chi connectivity index (χ0) is 16.0. The van der Waals surface area contributed by atoms with Crippen molar-refractivity contribution in [3.63, 3.8) is 0 Å². The highest BCUT2D eigenvalue weighted by Gasteiger charge is 2.19. The van der Waals surface area contributed by atoms with Gasteiger partial charge in [-0.3, -0.25) is 14.7 Å². The van der Waals surface area contributed by atoms with Crippen molar-refractivity contribution in [3.05, 3.63) is 45.6 Å². The van der Waals surface area contributed by atoms with Crippen molar-refractivity contribution in [2.45, 2.75) is 6.92 Å². The summed E-state index contributed by atoms with van der Waals surface area (Å²) in [5.41, 5.74) is 0.197. The van der Waals surface area contributed by atoms with Gasteiger partial charge in [0.2, 0.25) is 0 Å². The van der Waals surface area contributed by atoms with E-state index in [1.807, 2.05) is 0 Å². The van der Waals surface area contributed by atoms with E-state index >= 15 is 0 Å². The minimum absolute atomic E-state index is 0.0321. The molecule has 0 bridgehead atoms. The first-order chi connectivity index (χ1) is 9.90. The van der Waals surface area contributed by atoms with Crippen LogP contribution in [0.2, 0.25) is 10.0 Å². The monoisotopic (exact) mass is 331 g/mol. The summed E-state index contributed by atoms with van der Waals surface area (Å²) in [5.74, 6) is -1.12. The first kappa shape index (κ1) is 17.5. The van der Waals surface area contributed by atoms with Gasteiger partial charge in [0.1, 0.15) is 0 Å². The predicted octanol–water partition coefficient (Wildman–Crippen LogP) is 3.12. The fraction of sp³-hybridized carbons (Fsp3) is 0.286. The number of hydroxylamine groups is 2. The van der Waals surface area contributed by atoms with E-state index in [1.165, 1.54) is 26.3 Å². The molecule has 0 atom stereocenters. The SMILES string of the molecule is CCOC(=O)/C(=C/C(=O)c1ccc(Cl)cc1Cl)N(C)OC. The molecule has 0 aliphatic rings. The topological polar surface area (TPSA) is 55.8 Å². The lowest BCUT2D eigenvalue weighted by atomic mass is 10.1. The maximum absolute atomic E-state index is 12.2. The number of ether oxygens (including phenoxy) is 1. The highest BCUT2D eigenvalue weighted by molar-refractivity contribution is 6.37. The molecule has 21 heavy (non-hydrogen) atoms. The van der Waals surface area contributed by atoms with Gasteiger partial charge in [-0.25, -0.2) is 4.79 Å². The predicted molar refractivity (Wildman–Crippen MR) is 80.3 cm³/mol.